The molecule has 19 heavy (non-hydrogen) atoms. The van der Waals surface area contributed by atoms with E-state index < -0.39 is 11.7 Å². The molecule has 1 aromatic heterocycles. The number of aromatic nitrogens is 1. The molecule has 3 nitrogen and oxygen atoms in total. The fourth-order valence-corrected chi connectivity index (χ4v) is 2.26. The van der Waals surface area contributed by atoms with Crippen molar-refractivity contribution in [1.29, 1.82) is 0 Å². The van der Waals surface area contributed by atoms with Crippen molar-refractivity contribution >= 4 is 55.1 Å². The van der Waals surface area contributed by atoms with Crippen molar-refractivity contribution in [2.24, 2.45) is 0 Å². The molecule has 7 heteroatoms. The maximum atomic E-state index is 13.1. The van der Waals surface area contributed by atoms with E-state index in [-0.39, 0.29) is 10.7 Å². The van der Waals surface area contributed by atoms with E-state index in [0.717, 1.165) is 16.7 Å². The van der Waals surface area contributed by atoms with Crippen LogP contribution in [0, 0.1) is 5.82 Å². The van der Waals surface area contributed by atoms with E-state index >= 15 is 0 Å². The number of amides is 1. The van der Waals surface area contributed by atoms with Gasteiger partial charge in [0.25, 0.3) is 5.91 Å². The number of nitrogens with zero attached hydrogens (tertiary/aromatic N) is 1. The summed E-state index contributed by atoms with van der Waals surface area (Å²) in [5.74, 6) is -1.15. The third-order valence-corrected chi connectivity index (χ3v) is 3.71. The summed E-state index contributed by atoms with van der Waals surface area (Å²) in [5, 5.41) is 2.58. The third-order valence-electron chi connectivity index (χ3n) is 2.23. The minimum Gasteiger partial charge on any atom is -0.321 e. The van der Waals surface area contributed by atoms with Gasteiger partial charge in [-0.05, 0) is 40.2 Å². The second-order valence-corrected chi connectivity index (χ2v) is 5.70. The summed E-state index contributed by atoms with van der Waals surface area (Å²) in [6.07, 6.45) is 0.953. The number of benzene rings is 1. The van der Waals surface area contributed by atoms with Gasteiger partial charge in [0.05, 0.1) is 17.4 Å². The Bertz CT molecular complexity index is 652. The maximum Gasteiger partial charge on any atom is 0.258 e. The summed E-state index contributed by atoms with van der Waals surface area (Å²) >= 11 is 12.4. The standard InChI is InChI=1S/C12H6Br2ClFN2O/c13-6-1-2-9(14)10(3-6)18-12(19)8-4-7(16)5-17-11(8)15/h1-5H,(H,18,19). The van der Waals surface area contributed by atoms with Gasteiger partial charge in [0.1, 0.15) is 11.0 Å². The highest BCUT2D eigenvalue weighted by molar-refractivity contribution is 9.11. The Morgan fingerprint density at radius 2 is 2.05 bits per heavy atom. The number of rotatable bonds is 2. The van der Waals surface area contributed by atoms with Crippen LogP contribution in [0.3, 0.4) is 0 Å². The van der Waals surface area contributed by atoms with E-state index in [1.54, 1.807) is 12.1 Å². The fraction of sp³-hybridized carbons (Fsp3) is 0. The van der Waals surface area contributed by atoms with Gasteiger partial charge in [-0.25, -0.2) is 9.37 Å². The second-order valence-electron chi connectivity index (χ2n) is 3.57. The molecular weight excluding hydrogens is 402 g/mol. The van der Waals surface area contributed by atoms with Crippen LogP contribution in [-0.4, -0.2) is 10.9 Å². The molecule has 1 N–H and O–H groups in total. The largest absolute Gasteiger partial charge is 0.321 e. The lowest BCUT2D eigenvalue weighted by atomic mass is 10.2. The van der Waals surface area contributed by atoms with Gasteiger partial charge < -0.3 is 5.32 Å². The Labute approximate surface area is 130 Å². The van der Waals surface area contributed by atoms with Gasteiger partial charge in [-0.3, -0.25) is 4.79 Å². The molecule has 0 aliphatic rings. The Balaban J connectivity index is 2.30. The predicted octanol–water partition coefficient (Wildman–Crippen LogP) is 4.65. The average molecular weight is 408 g/mol. The molecule has 0 aliphatic heterocycles. The molecule has 0 fully saturated rings. The highest BCUT2D eigenvalue weighted by atomic mass is 79.9. The van der Waals surface area contributed by atoms with Crippen LogP contribution in [0.1, 0.15) is 10.4 Å². The fourth-order valence-electron chi connectivity index (χ4n) is 1.36. The Kier molecular flexibility index (Phi) is 4.54. The van der Waals surface area contributed by atoms with Crippen molar-refractivity contribution in [1.82, 2.24) is 4.98 Å². The van der Waals surface area contributed by atoms with Crippen LogP contribution >= 0.6 is 43.5 Å². The van der Waals surface area contributed by atoms with E-state index in [2.05, 4.69) is 42.2 Å². The zero-order valence-corrected chi connectivity index (χ0v) is 13.2. The van der Waals surface area contributed by atoms with Gasteiger partial charge in [-0.2, -0.15) is 0 Å². The minimum absolute atomic E-state index is 0.0199. The van der Waals surface area contributed by atoms with Gasteiger partial charge in [0.15, 0.2) is 0 Å². The molecule has 0 saturated heterocycles. The van der Waals surface area contributed by atoms with E-state index in [1.165, 1.54) is 0 Å². The molecule has 0 unspecified atom stereocenters. The molecule has 0 saturated carbocycles. The summed E-state index contributed by atoms with van der Waals surface area (Å²) < 4.78 is 14.6. The van der Waals surface area contributed by atoms with Crippen LogP contribution in [0.4, 0.5) is 10.1 Å². The van der Waals surface area contributed by atoms with Crippen molar-refractivity contribution in [3.05, 3.63) is 55.9 Å². The lowest BCUT2D eigenvalue weighted by molar-refractivity contribution is 0.102. The van der Waals surface area contributed by atoms with E-state index in [9.17, 15) is 9.18 Å². The van der Waals surface area contributed by atoms with E-state index in [4.69, 9.17) is 11.6 Å². The number of nitrogens with one attached hydrogen (secondary N) is 1. The summed E-state index contributed by atoms with van der Waals surface area (Å²) in [7, 11) is 0. The topological polar surface area (TPSA) is 42.0 Å². The quantitative estimate of drug-likeness (QED) is 0.735. The number of halogens is 4. The molecular formula is C12H6Br2ClFN2O. The summed E-state index contributed by atoms with van der Waals surface area (Å²) in [6, 6.07) is 6.33. The summed E-state index contributed by atoms with van der Waals surface area (Å²) in [6.45, 7) is 0. The van der Waals surface area contributed by atoms with Crippen molar-refractivity contribution in [2.45, 2.75) is 0 Å². The van der Waals surface area contributed by atoms with Gasteiger partial charge >= 0.3 is 0 Å². The van der Waals surface area contributed by atoms with Gasteiger partial charge in [-0.1, -0.05) is 27.5 Å². The number of pyridine rings is 1. The van der Waals surface area contributed by atoms with Gasteiger partial charge in [0.2, 0.25) is 0 Å². The number of anilines is 1. The number of hydrogen-bond acceptors (Lipinski definition) is 2. The lowest BCUT2D eigenvalue weighted by Gasteiger charge is -2.08. The molecule has 0 aliphatic carbocycles. The first-order valence-corrected chi connectivity index (χ1v) is 7.01. The Morgan fingerprint density at radius 3 is 2.79 bits per heavy atom. The Morgan fingerprint density at radius 1 is 1.32 bits per heavy atom. The molecule has 2 rings (SSSR count). The third kappa shape index (κ3) is 3.52. The molecule has 1 heterocycles. The van der Waals surface area contributed by atoms with Gasteiger partial charge in [-0.15, -0.1) is 0 Å². The van der Waals surface area contributed by atoms with Crippen LogP contribution in [0.15, 0.2) is 39.4 Å². The molecule has 0 atom stereocenters. The zero-order valence-electron chi connectivity index (χ0n) is 9.25. The van der Waals surface area contributed by atoms with Gasteiger partial charge in [0, 0.05) is 8.95 Å². The van der Waals surface area contributed by atoms with Crippen molar-refractivity contribution in [3.63, 3.8) is 0 Å². The van der Waals surface area contributed by atoms with Crippen LogP contribution in [0.5, 0.6) is 0 Å². The van der Waals surface area contributed by atoms with Crippen LogP contribution in [0.25, 0.3) is 0 Å². The summed E-state index contributed by atoms with van der Waals surface area (Å²) in [4.78, 5) is 15.6. The second kappa shape index (κ2) is 5.98. The van der Waals surface area contributed by atoms with Crippen LogP contribution in [0.2, 0.25) is 5.15 Å². The summed E-state index contributed by atoms with van der Waals surface area (Å²) in [5.41, 5.74) is 0.522. The molecule has 0 bridgehead atoms. The lowest BCUT2D eigenvalue weighted by Crippen LogP contribution is -2.13. The number of carbonyl (C=O) groups excluding carboxylic acids is 1. The molecule has 0 radical (unpaired) electrons. The first-order chi connectivity index (χ1) is 8.97. The van der Waals surface area contributed by atoms with Crippen molar-refractivity contribution in [2.75, 3.05) is 5.32 Å². The zero-order chi connectivity index (χ0) is 14.0. The van der Waals surface area contributed by atoms with E-state index in [0.29, 0.717) is 10.2 Å². The molecule has 98 valence electrons. The van der Waals surface area contributed by atoms with Crippen LogP contribution < -0.4 is 5.32 Å². The number of hydrogen-bond donors (Lipinski definition) is 1. The molecule has 2 aromatic rings. The van der Waals surface area contributed by atoms with Crippen LogP contribution in [-0.2, 0) is 0 Å². The number of carbonyl (C=O) groups is 1. The predicted molar refractivity (Wildman–Crippen MR) is 79.0 cm³/mol. The highest BCUT2D eigenvalue weighted by Gasteiger charge is 2.14. The maximum absolute atomic E-state index is 13.1. The smallest absolute Gasteiger partial charge is 0.258 e. The molecule has 1 amide bonds. The SMILES string of the molecule is O=C(Nc1cc(Br)ccc1Br)c1cc(F)cnc1Cl. The molecule has 1 aromatic carbocycles. The molecule has 0 spiro atoms. The monoisotopic (exact) mass is 406 g/mol. The minimum atomic E-state index is -0.622. The van der Waals surface area contributed by atoms with Crippen molar-refractivity contribution in [3.8, 4) is 0 Å². The highest BCUT2D eigenvalue weighted by Crippen LogP contribution is 2.27. The first-order valence-electron chi connectivity index (χ1n) is 5.05. The average Bonchev–Trinajstić information content (AvgIpc) is 2.36. The Hall–Kier alpha value is -0.980. The normalized spacial score (nSPS) is 10.3. The van der Waals surface area contributed by atoms with Crippen molar-refractivity contribution < 1.29 is 9.18 Å². The first kappa shape index (κ1) is 14.4. The van der Waals surface area contributed by atoms with E-state index in [1.807, 2.05) is 6.07 Å².